The molecule has 0 atom stereocenters. The van der Waals surface area contributed by atoms with Gasteiger partial charge in [0.2, 0.25) is 0 Å². The molecule has 6 heteroatoms. The fraction of sp³-hybridized carbons (Fsp3) is 0.462. The number of nitrogens with zero attached hydrogens (tertiary/aromatic N) is 1. The predicted octanol–water partition coefficient (Wildman–Crippen LogP) is 1.63. The maximum atomic E-state index is 11.5. The largest absolute Gasteiger partial charge is 0.478 e. The van der Waals surface area contributed by atoms with Crippen LogP contribution in [0.5, 0.6) is 0 Å². The smallest absolute Gasteiger partial charge is 0.335 e. The van der Waals surface area contributed by atoms with Gasteiger partial charge in [-0.05, 0) is 24.5 Å². The van der Waals surface area contributed by atoms with E-state index in [0.717, 1.165) is 6.42 Å². The van der Waals surface area contributed by atoms with Gasteiger partial charge >= 0.3 is 12.0 Å². The molecule has 0 bridgehead atoms. The molecule has 0 aliphatic heterocycles. The van der Waals surface area contributed by atoms with Gasteiger partial charge in [0, 0.05) is 12.7 Å². The van der Waals surface area contributed by atoms with Gasteiger partial charge in [-0.1, -0.05) is 13.8 Å². The summed E-state index contributed by atoms with van der Waals surface area (Å²) in [4.78, 5) is 26.2. The van der Waals surface area contributed by atoms with Gasteiger partial charge in [0.15, 0.2) is 0 Å². The summed E-state index contributed by atoms with van der Waals surface area (Å²) in [5.74, 6) is -0.473. The lowest BCUT2D eigenvalue weighted by molar-refractivity contribution is 0.0696. The van der Waals surface area contributed by atoms with Crippen molar-refractivity contribution >= 4 is 12.0 Å². The van der Waals surface area contributed by atoms with Crippen LogP contribution in [0.3, 0.4) is 0 Å². The van der Waals surface area contributed by atoms with Crippen LogP contribution in [0.15, 0.2) is 18.3 Å². The number of amides is 2. The molecular weight excluding hydrogens is 246 g/mol. The van der Waals surface area contributed by atoms with E-state index in [2.05, 4.69) is 29.5 Å². The number of carbonyl (C=O) groups is 2. The lowest BCUT2D eigenvalue weighted by Gasteiger charge is -2.08. The third kappa shape index (κ3) is 5.85. The quantitative estimate of drug-likeness (QED) is 0.729. The number of rotatable bonds is 6. The van der Waals surface area contributed by atoms with E-state index in [1.54, 1.807) is 0 Å². The molecule has 0 saturated carbocycles. The Hall–Kier alpha value is -2.11. The number of pyridine rings is 1. The standard InChI is InChI=1S/C13H19N3O3/c1-9(2)3-5-15-13(19)16-8-11-7-10(12(17)18)4-6-14-11/h4,6-7,9H,3,5,8H2,1-2H3,(H,17,18)(H2,15,16,19). The molecule has 1 aromatic rings. The summed E-state index contributed by atoms with van der Waals surface area (Å²) in [6.45, 7) is 4.99. The number of hydrogen-bond donors (Lipinski definition) is 3. The molecular formula is C13H19N3O3. The Morgan fingerprint density at radius 2 is 2.11 bits per heavy atom. The highest BCUT2D eigenvalue weighted by Gasteiger charge is 2.05. The van der Waals surface area contributed by atoms with Gasteiger partial charge in [0.25, 0.3) is 0 Å². The molecule has 0 aliphatic rings. The van der Waals surface area contributed by atoms with Gasteiger partial charge in [-0.3, -0.25) is 4.98 Å². The predicted molar refractivity (Wildman–Crippen MR) is 70.9 cm³/mol. The van der Waals surface area contributed by atoms with Gasteiger partial charge in [-0.25, -0.2) is 9.59 Å². The molecule has 0 spiro atoms. The molecule has 0 fully saturated rings. The molecule has 0 unspecified atom stereocenters. The highest BCUT2D eigenvalue weighted by molar-refractivity contribution is 5.87. The third-order valence-corrected chi connectivity index (χ3v) is 2.50. The minimum Gasteiger partial charge on any atom is -0.478 e. The number of aromatic carboxylic acids is 1. The molecule has 3 N–H and O–H groups in total. The van der Waals surface area contributed by atoms with Crippen molar-refractivity contribution in [1.29, 1.82) is 0 Å². The van der Waals surface area contributed by atoms with Crippen LogP contribution >= 0.6 is 0 Å². The Balaban J connectivity index is 2.37. The Kier molecular flexibility index (Phi) is 5.78. The normalized spacial score (nSPS) is 10.3. The fourth-order valence-corrected chi connectivity index (χ4v) is 1.42. The number of nitrogens with one attached hydrogen (secondary N) is 2. The van der Waals surface area contributed by atoms with Gasteiger partial charge in [0.1, 0.15) is 0 Å². The second-order valence-corrected chi connectivity index (χ2v) is 4.63. The number of aromatic nitrogens is 1. The zero-order valence-electron chi connectivity index (χ0n) is 11.1. The molecule has 104 valence electrons. The summed E-state index contributed by atoms with van der Waals surface area (Å²) in [6, 6.07) is 2.58. The van der Waals surface area contributed by atoms with Crippen molar-refractivity contribution in [3.05, 3.63) is 29.6 Å². The summed E-state index contributed by atoms with van der Waals surface area (Å²) in [7, 11) is 0. The second-order valence-electron chi connectivity index (χ2n) is 4.63. The molecule has 1 heterocycles. The van der Waals surface area contributed by atoms with Gasteiger partial charge < -0.3 is 15.7 Å². The minimum absolute atomic E-state index is 0.159. The van der Waals surface area contributed by atoms with Crippen LogP contribution in [-0.2, 0) is 6.54 Å². The van der Waals surface area contributed by atoms with E-state index in [-0.39, 0.29) is 18.1 Å². The topological polar surface area (TPSA) is 91.3 Å². The highest BCUT2D eigenvalue weighted by atomic mass is 16.4. The van der Waals surface area contributed by atoms with Crippen LogP contribution in [0.2, 0.25) is 0 Å². The lowest BCUT2D eigenvalue weighted by atomic mass is 10.1. The summed E-state index contributed by atoms with van der Waals surface area (Å²) in [6.07, 6.45) is 2.33. The lowest BCUT2D eigenvalue weighted by Crippen LogP contribution is -2.36. The summed E-state index contributed by atoms with van der Waals surface area (Å²) in [5.41, 5.74) is 0.672. The molecule has 6 nitrogen and oxygen atoms in total. The van der Waals surface area contributed by atoms with Crippen molar-refractivity contribution in [1.82, 2.24) is 15.6 Å². The van der Waals surface area contributed by atoms with Crippen LogP contribution in [-0.4, -0.2) is 28.6 Å². The molecule has 19 heavy (non-hydrogen) atoms. The first-order chi connectivity index (χ1) is 8.99. The van der Waals surface area contributed by atoms with Gasteiger partial charge in [-0.15, -0.1) is 0 Å². The molecule has 0 radical (unpaired) electrons. The van der Waals surface area contributed by atoms with Crippen molar-refractivity contribution in [3.8, 4) is 0 Å². The van der Waals surface area contributed by atoms with Gasteiger partial charge in [0.05, 0.1) is 17.8 Å². The monoisotopic (exact) mass is 265 g/mol. The molecule has 0 aromatic carbocycles. The molecule has 1 aromatic heterocycles. The van der Waals surface area contributed by atoms with Crippen LogP contribution in [0, 0.1) is 5.92 Å². The van der Waals surface area contributed by atoms with Crippen molar-refractivity contribution in [2.24, 2.45) is 5.92 Å². The SMILES string of the molecule is CC(C)CCNC(=O)NCc1cc(C(=O)O)ccn1. The first-order valence-electron chi connectivity index (χ1n) is 6.19. The number of carboxylic acid groups (broad SMARTS) is 1. The van der Waals surface area contributed by atoms with Crippen LogP contribution in [0.1, 0.15) is 36.3 Å². The Morgan fingerprint density at radius 1 is 1.37 bits per heavy atom. The third-order valence-electron chi connectivity index (χ3n) is 2.50. The average Bonchev–Trinajstić information content (AvgIpc) is 2.36. The first-order valence-corrected chi connectivity index (χ1v) is 6.19. The van der Waals surface area contributed by atoms with E-state index in [1.165, 1.54) is 18.3 Å². The molecule has 2 amide bonds. The number of hydrogen-bond acceptors (Lipinski definition) is 3. The van der Waals surface area contributed by atoms with Gasteiger partial charge in [-0.2, -0.15) is 0 Å². The number of carbonyl (C=O) groups excluding carboxylic acids is 1. The zero-order chi connectivity index (χ0) is 14.3. The van der Waals surface area contributed by atoms with Crippen LogP contribution in [0.25, 0.3) is 0 Å². The van der Waals surface area contributed by atoms with Crippen molar-refractivity contribution in [2.45, 2.75) is 26.8 Å². The minimum atomic E-state index is -1.01. The highest BCUT2D eigenvalue weighted by Crippen LogP contribution is 2.01. The van der Waals surface area contributed by atoms with Crippen molar-refractivity contribution in [2.75, 3.05) is 6.54 Å². The first kappa shape index (κ1) is 14.9. The Bertz CT molecular complexity index is 447. The van der Waals surface area contributed by atoms with E-state index >= 15 is 0 Å². The van der Waals surface area contributed by atoms with E-state index in [9.17, 15) is 9.59 Å². The van der Waals surface area contributed by atoms with Crippen LogP contribution in [0.4, 0.5) is 4.79 Å². The molecule has 1 rings (SSSR count). The van der Waals surface area contributed by atoms with Crippen molar-refractivity contribution < 1.29 is 14.7 Å². The van der Waals surface area contributed by atoms with E-state index < -0.39 is 5.97 Å². The van der Waals surface area contributed by atoms with Crippen LogP contribution < -0.4 is 10.6 Å². The zero-order valence-corrected chi connectivity index (χ0v) is 11.1. The summed E-state index contributed by atoms with van der Waals surface area (Å²) >= 11 is 0. The molecule has 0 aliphatic carbocycles. The number of carboxylic acids is 1. The van der Waals surface area contributed by atoms with E-state index in [1.807, 2.05) is 0 Å². The Labute approximate surface area is 112 Å². The fourth-order valence-electron chi connectivity index (χ4n) is 1.42. The maximum Gasteiger partial charge on any atom is 0.335 e. The summed E-state index contributed by atoms with van der Waals surface area (Å²) < 4.78 is 0. The summed E-state index contributed by atoms with van der Waals surface area (Å²) in [5, 5.41) is 14.2. The maximum absolute atomic E-state index is 11.5. The van der Waals surface area contributed by atoms with E-state index in [4.69, 9.17) is 5.11 Å². The molecule has 0 saturated heterocycles. The van der Waals surface area contributed by atoms with Crippen molar-refractivity contribution in [3.63, 3.8) is 0 Å². The van der Waals surface area contributed by atoms with E-state index in [0.29, 0.717) is 18.2 Å². The average molecular weight is 265 g/mol. The second kappa shape index (κ2) is 7.35. The number of urea groups is 1. The Morgan fingerprint density at radius 3 is 2.74 bits per heavy atom.